The second kappa shape index (κ2) is 2.79. The first-order valence-corrected chi connectivity index (χ1v) is 4.59. The molecule has 1 aliphatic heterocycles. The van der Waals surface area contributed by atoms with E-state index >= 15 is 0 Å². The molecule has 2 nitrogen and oxygen atoms in total. The highest BCUT2D eigenvalue weighted by Gasteiger charge is 2.38. The molecule has 0 bridgehead atoms. The molecule has 1 aliphatic carbocycles. The van der Waals surface area contributed by atoms with Gasteiger partial charge in [-0.1, -0.05) is 18.7 Å². The third-order valence-electron chi connectivity index (χ3n) is 2.85. The van der Waals surface area contributed by atoms with E-state index < -0.39 is 0 Å². The van der Waals surface area contributed by atoms with Gasteiger partial charge in [0.25, 0.3) is 0 Å². The Bertz CT molecular complexity index is 133. The summed E-state index contributed by atoms with van der Waals surface area (Å²) >= 11 is 0. The third kappa shape index (κ3) is 1.45. The van der Waals surface area contributed by atoms with Crippen LogP contribution in [-0.2, 0) is 9.47 Å². The van der Waals surface area contributed by atoms with Gasteiger partial charge in [-0.3, -0.25) is 0 Å². The summed E-state index contributed by atoms with van der Waals surface area (Å²) in [7, 11) is 2.31. The van der Waals surface area contributed by atoms with Gasteiger partial charge in [0.1, 0.15) is 7.85 Å². The SMILES string of the molecule is BC1CCC2(CC1)OCCO2. The predicted molar refractivity (Wildman–Crippen MR) is 45.4 cm³/mol. The van der Waals surface area contributed by atoms with E-state index in [-0.39, 0.29) is 5.79 Å². The molecule has 0 N–H and O–H groups in total. The van der Waals surface area contributed by atoms with E-state index in [1.54, 1.807) is 0 Å². The molecule has 0 unspecified atom stereocenters. The molecule has 3 heteroatoms. The van der Waals surface area contributed by atoms with Crippen LogP contribution in [0.5, 0.6) is 0 Å². The second-order valence-electron chi connectivity index (χ2n) is 3.79. The minimum absolute atomic E-state index is 0.146. The molecule has 62 valence electrons. The molecular formula is C8H15BO2. The van der Waals surface area contributed by atoms with Crippen molar-refractivity contribution in [3.8, 4) is 0 Å². The zero-order valence-corrected chi connectivity index (χ0v) is 7.14. The molecule has 2 rings (SSSR count). The number of hydrogen-bond acceptors (Lipinski definition) is 2. The van der Waals surface area contributed by atoms with Gasteiger partial charge in [0.2, 0.25) is 0 Å². The van der Waals surface area contributed by atoms with E-state index in [2.05, 4.69) is 7.85 Å². The van der Waals surface area contributed by atoms with Gasteiger partial charge in [0.05, 0.1) is 13.2 Å². The van der Waals surface area contributed by atoms with Gasteiger partial charge in [-0.2, -0.15) is 0 Å². The molecule has 0 aromatic heterocycles. The van der Waals surface area contributed by atoms with Crippen molar-refractivity contribution in [1.82, 2.24) is 0 Å². The van der Waals surface area contributed by atoms with Crippen LogP contribution in [-0.4, -0.2) is 26.8 Å². The number of ether oxygens (including phenoxy) is 2. The smallest absolute Gasteiger partial charge is 0.168 e. The number of rotatable bonds is 0. The normalized spacial score (nSPS) is 31.3. The largest absolute Gasteiger partial charge is 0.348 e. The number of hydrogen-bond donors (Lipinski definition) is 0. The van der Waals surface area contributed by atoms with E-state index in [0.717, 1.165) is 31.9 Å². The molecule has 0 radical (unpaired) electrons. The Labute approximate surface area is 68.7 Å². The van der Waals surface area contributed by atoms with Crippen LogP contribution in [0, 0.1) is 0 Å². The molecular weight excluding hydrogens is 139 g/mol. The Morgan fingerprint density at radius 1 is 1.09 bits per heavy atom. The van der Waals surface area contributed by atoms with E-state index in [1.165, 1.54) is 12.8 Å². The van der Waals surface area contributed by atoms with Crippen LogP contribution in [0.25, 0.3) is 0 Å². The molecule has 11 heavy (non-hydrogen) atoms. The van der Waals surface area contributed by atoms with Crippen molar-refractivity contribution in [3.05, 3.63) is 0 Å². The predicted octanol–water partition coefficient (Wildman–Crippen LogP) is 0.725. The maximum absolute atomic E-state index is 5.61. The molecule has 1 saturated carbocycles. The summed E-state index contributed by atoms with van der Waals surface area (Å²) in [5.74, 6) is 0.723. The fourth-order valence-corrected chi connectivity index (χ4v) is 1.99. The van der Waals surface area contributed by atoms with Crippen LogP contribution in [0.3, 0.4) is 0 Å². The van der Waals surface area contributed by atoms with Crippen LogP contribution in [0.1, 0.15) is 25.7 Å². The average Bonchev–Trinajstić information content (AvgIpc) is 2.45. The minimum atomic E-state index is -0.146. The topological polar surface area (TPSA) is 18.5 Å². The summed E-state index contributed by atoms with van der Waals surface area (Å²) < 4.78 is 11.2. The lowest BCUT2D eigenvalue weighted by Crippen LogP contribution is -2.33. The summed E-state index contributed by atoms with van der Waals surface area (Å²) in [6.45, 7) is 1.60. The Morgan fingerprint density at radius 2 is 1.64 bits per heavy atom. The van der Waals surface area contributed by atoms with Crippen molar-refractivity contribution < 1.29 is 9.47 Å². The van der Waals surface area contributed by atoms with Crippen LogP contribution < -0.4 is 0 Å². The summed E-state index contributed by atoms with van der Waals surface area (Å²) in [6, 6.07) is 0. The van der Waals surface area contributed by atoms with Crippen molar-refractivity contribution in [2.75, 3.05) is 13.2 Å². The van der Waals surface area contributed by atoms with E-state index in [0.29, 0.717) is 0 Å². The van der Waals surface area contributed by atoms with Crippen molar-refractivity contribution >= 4 is 7.85 Å². The fourth-order valence-electron chi connectivity index (χ4n) is 1.99. The summed E-state index contributed by atoms with van der Waals surface area (Å²) in [4.78, 5) is 0. The highest BCUT2D eigenvalue weighted by molar-refractivity contribution is 6.11. The zero-order valence-electron chi connectivity index (χ0n) is 7.14. The second-order valence-corrected chi connectivity index (χ2v) is 3.79. The van der Waals surface area contributed by atoms with Gasteiger partial charge in [-0.15, -0.1) is 0 Å². The monoisotopic (exact) mass is 154 g/mol. The first-order valence-electron chi connectivity index (χ1n) is 4.59. The maximum Gasteiger partial charge on any atom is 0.168 e. The lowest BCUT2D eigenvalue weighted by molar-refractivity contribution is -0.176. The molecule has 1 saturated heterocycles. The summed E-state index contributed by atoms with van der Waals surface area (Å²) in [5, 5.41) is 0. The Hall–Kier alpha value is -0.0151. The minimum Gasteiger partial charge on any atom is -0.348 e. The zero-order chi connectivity index (χ0) is 7.73. The van der Waals surface area contributed by atoms with Crippen molar-refractivity contribution in [2.45, 2.75) is 37.3 Å². The van der Waals surface area contributed by atoms with Crippen molar-refractivity contribution in [2.24, 2.45) is 0 Å². The Morgan fingerprint density at radius 3 is 2.18 bits per heavy atom. The quantitative estimate of drug-likeness (QED) is 0.478. The third-order valence-corrected chi connectivity index (χ3v) is 2.85. The van der Waals surface area contributed by atoms with E-state index in [4.69, 9.17) is 9.47 Å². The van der Waals surface area contributed by atoms with Gasteiger partial charge in [-0.05, 0) is 0 Å². The lowest BCUT2D eigenvalue weighted by atomic mass is 9.73. The first kappa shape index (κ1) is 7.62. The molecule has 2 aliphatic rings. The lowest BCUT2D eigenvalue weighted by Gasteiger charge is -2.34. The molecule has 2 fully saturated rings. The Kier molecular flexibility index (Phi) is 1.94. The van der Waals surface area contributed by atoms with Gasteiger partial charge < -0.3 is 9.47 Å². The maximum atomic E-state index is 5.61. The molecule has 0 amide bonds. The molecule has 0 atom stereocenters. The first-order chi connectivity index (χ1) is 5.31. The highest BCUT2D eigenvalue weighted by atomic mass is 16.7. The van der Waals surface area contributed by atoms with E-state index in [9.17, 15) is 0 Å². The van der Waals surface area contributed by atoms with Crippen molar-refractivity contribution in [1.29, 1.82) is 0 Å². The highest BCUT2D eigenvalue weighted by Crippen LogP contribution is 2.39. The van der Waals surface area contributed by atoms with E-state index in [1.807, 2.05) is 0 Å². The van der Waals surface area contributed by atoms with Gasteiger partial charge in [0, 0.05) is 12.8 Å². The van der Waals surface area contributed by atoms with Gasteiger partial charge >= 0.3 is 0 Å². The van der Waals surface area contributed by atoms with Gasteiger partial charge in [-0.25, -0.2) is 0 Å². The standard InChI is InChI=1S/C8H15BO2/c9-7-1-3-8(4-2-7)10-5-6-11-8/h7H,1-6,9H2. The molecule has 1 spiro atoms. The Balaban J connectivity index is 1.94. The summed E-state index contributed by atoms with van der Waals surface area (Å²) in [5.41, 5.74) is 0. The average molecular weight is 154 g/mol. The molecule has 1 heterocycles. The van der Waals surface area contributed by atoms with Gasteiger partial charge in [0.15, 0.2) is 5.79 Å². The van der Waals surface area contributed by atoms with Crippen LogP contribution >= 0.6 is 0 Å². The fraction of sp³-hybridized carbons (Fsp3) is 1.00. The van der Waals surface area contributed by atoms with Crippen LogP contribution in [0.15, 0.2) is 0 Å². The van der Waals surface area contributed by atoms with Crippen LogP contribution in [0.4, 0.5) is 0 Å². The molecule has 0 aromatic rings. The van der Waals surface area contributed by atoms with Crippen molar-refractivity contribution in [3.63, 3.8) is 0 Å². The summed E-state index contributed by atoms with van der Waals surface area (Å²) in [6.07, 6.45) is 4.74. The molecule has 0 aromatic carbocycles. The van der Waals surface area contributed by atoms with Crippen LogP contribution in [0.2, 0.25) is 5.82 Å².